The molecular weight excluding hydrogens is 162 g/mol. The van der Waals surface area contributed by atoms with E-state index >= 15 is 0 Å². The minimum absolute atomic E-state index is 0.294. The van der Waals surface area contributed by atoms with Crippen LogP contribution in [0.15, 0.2) is 0 Å². The van der Waals surface area contributed by atoms with Crippen molar-refractivity contribution in [3.8, 4) is 11.8 Å². The second-order valence-electron chi connectivity index (χ2n) is 3.56. The Kier molecular flexibility index (Phi) is 4.56. The number of hydrogen-bond donors (Lipinski definition) is 1. The Morgan fingerprint density at radius 3 is 3.08 bits per heavy atom. The van der Waals surface area contributed by atoms with Crippen LogP contribution in [0.1, 0.15) is 32.6 Å². The first-order valence-electron chi connectivity index (χ1n) is 4.95. The monoisotopic (exact) mass is 179 g/mol. The Hall–Kier alpha value is -0.810. The smallest absolute Gasteiger partial charge is 0.145 e. The lowest BCUT2D eigenvalue weighted by Crippen LogP contribution is -2.30. The van der Waals surface area contributed by atoms with Crippen molar-refractivity contribution >= 4 is 5.78 Å². The van der Waals surface area contributed by atoms with Crippen molar-refractivity contribution < 1.29 is 4.79 Å². The molecule has 1 fully saturated rings. The van der Waals surface area contributed by atoms with E-state index in [1.165, 1.54) is 12.8 Å². The minimum atomic E-state index is 0.294. The fourth-order valence-electron chi connectivity index (χ4n) is 1.68. The first kappa shape index (κ1) is 10.3. The number of ketones is 1. The fourth-order valence-corrected chi connectivity index (χ4v) is 1.68. The van der Waals surface area contributed by atoms with Gasteiger partial charge in [-0.2, -0.15) is 0 Å². The van der Waals surface area contributed by atoms with Gasteiger partial charge in [0.2, 0.25) is 0 Å². The number of hydrogen-bond acceptors (Lipinski definition) is 2. The maximum atomic E-state index is 11.3. The van der Waals surface area contributed by atoms with Crippen molar-refractivity contribution in [1.29, 1.82) is 0 Å². The topological polar surface area (TPSA) is 29.1 Å². The number of carbonyl (C=O) groups is 1. The molecule has 72 valence electrons. The number of carbonyl (C=O) groups excluding carboxylic acids is 1. The van der Waals surface area contributed by atoms with Crippen molar-refractivity contribution in [3.05, 3.63) is 0 Å². The molecule has 1 heterocycles. The summed E-state index contributed by atoms with van der Waals surface area (Å²) in [5, 5.41) is 3.31. The molecule has 1 unspecified atom stereocenters. The highest BCUT2D eigenvalue weighted by Gasteiger charge is 2.15. The molecule has 2 nitrogen and oxygen atoms in total. The van der Waals surface area contributed by atoms with E-state index in [0.717, 1.165) is 13.1 Å². The molecule has 0 aromatic carbocycles. The highest BCUT2D eigenvalue weighted by Crippen LogP contribution is 2.14. The molecule has 0 aliphatic carbocycles. The van der Waals surface area contributed by atoms with Crippen LogP contribution in [0.4, 0.5) is 0 Å². The Bertz CT molecular complexity index is 218. The average molecular weight is 179 g/mol. The summed E-state index contributed by atoms with van der Waals surface area (Å²) >= 11 is 0. The van der Waals surface area contributed by atoms with Crippen LogP contribution >= 0.6 is 0 Å². The van der Waals surface area contributed by atoms with Crippen molar-refractivity contribution in [1.82, 2.24) is 5.32 Å². The first-order valence-corrected chi connectivity index (χ1v) is 4.95. The van der Waals surface area contributed by atoms with Crippen LogP contribution < -0.4 is 5.32 Å². The van der Waals surface area contributed by atoms with Gasteiger partial charge >= 0.3 is 0 Å². The van der Waals surface area contributed by atoms with E-state index in [1.54, 1.807) is 6.92 Å². The molecule has 1 atom stereocenters. The third-order valence-corrected chi connectivity index (χ3v) is 2.38. The highest BCUT2D eigenvalue weighted by molar-refractivity contribution is 5.81. The number of rotatable bonds is 3. The quantitative estimate of drug-likeness (QED) is 0.663. The number of Topliss-reactive ketones (excluding diaryl/α,β-unsaturated/α-hetero) is 1. The van der Waals surface area contributed by atoms with E-state index in [2.05, 4.69) is 17.2 Å². The highest BCUT2D eigenvalue weighted by atomic mass is 16.1. The lowest BCUT2D eigenvalue weighted by atomic mass is 9.93. The summed E-state index contributed by atoms with van der Waals surface area (Å²) < 4.78 is 0. The van der Waals surface area contributed by atoms with E-state index in [1.807, 2.05) is 0 Å². The predicted molar refractivity (Wildman–Crippen MR) is 53.3 cm³/mol. The zero-order valence-electron chi connectivity index (χ0n) is 8.23. The van der Waals surface area contributed by atoms with Gasteiger partial charge < -0.3 is 5.32 Å². The predicted octanol–water partition coefficient (Wildman–Crippen LogP) is 1.36. The van der Waals surface area contributed by atoms with Gasteiger partial charge in [-0.05, 0) is 38.8 Å². The maximum Gasteiger partial charge on any atom is 0.145 e. The summed E-state index contributed by atoms with van der Waals surface area (Å²) in [6, 6.07) is 0. The van der Waals surface area contributed by atoms with Crippen LogP contribution in [0, 0.1) is 17.8 Å². The van der Waals surface area contributed by atoms with Gasteiger partial charge in [0.25, 0.3) is 0 Å². The second kappa shape index (κ2) is 5.77. The molecule has 0 radical (unpaired) electrons. The molecule has 0 aromatic heterocycles. The summed E-state index contributed by atoms with van der Waals surface area (Å²) in [6.07, 6.45) is 3.55. The zero-order valence-corrected chi connectivity index (χ0v) is 8.23. The molecular formula is C11H17NO. The molecule has 1 rings (SSSR count). The number of piperidine rings is 1. The summed E-state index contributed by atoms with van der Waals surface area (Å²) in [4.78, 5) is 11.3. The van der Waals surface area contributed by atoms with E-state index in [0.29, 0.717) is 24.5 Å². The molecule has 0 bridgehead atoms. The van der Waals surface area contributed by atoms with Gasteiger partial charge in [-0.3, -0.25) is 4.79 Å². The standard InChI is InChI=1S/C11H17NO/c1-2-3-6-11(13)8-10-5-4-7-12-9-10/h10,12H,4-9H2,1H3. The lowest BCUT2D eigenvalue weighted by Gasteiger charge is -2.21. The largest absolute Gasteiger partial charge is 0.316 e. The lowest BCUT2D eigenvalue weighted by molar-refractivity contribution is -0.119. The Morgan fingerprint density at radius 2 is 2.46 bits per heavy atom. The molecule has 1 saturated heterocycles. The average Bonchev–Trinajstić information content (AvgIpc) is 2.16. The van der Waals surface area contributed by atoms with E-state index < -0.39 is 0 Å². The van der Waals surface area contributed by atoms with E-state index in [9.17, 15) is 4.79 Å². The van der Waals surface area contributed by atoms with Crippen LogP contribution in [0.25, 0.3) is 0 Å². The second-order valence-corrected chi connectivity index (χ2v) is 3.56. The molecule has 13 heavy (non-hydrogen) atoms. The third-order valence-electron chi connectivity index (χ3n) is 2.38. The van der Waals surface area contributed by atoms with Gasteiger partial charge in [0.1, 0.15) is 5.78 Å². The Balaban J connectivity index is 2.20. The maximum absolute atomic E-state index is 11.3. The van der Waals surface area contributed by atoms with Gasteiger partial charge in [-0.1, -0.05) is 5.92 Å². The van der Waals surface area contributed by atoms with Crippen LogP contribution in [-0.2, 0) is 4.79 Å². The van der Waals surface area contributed by atoms with Crippen molar-refractivity contribution in [3.63, 3.8) is 0 Å². The van der Waals surface area contributed by atoms with E-state index in [4.69, 9.17) is 0 Å². The molecule has 0 aromatic rings. The molecule has 2 heteroatoms. The van der Waals surface area contributed by atoms with Gasteiger partial charge in [0.15, 0.2) is 0 Å². The fraction of sp³-hybridized carbons (Fsp3) is 0.727. The molecule has 1 aliphatic rings. The van der Waals surface area contributed by atoms with Gasteiger partial charge in [-0.25, -0.2) is 0 Å². The number of nitrogens with one attached hydrogen (secondary N) is 1. The molecule has 1 N–H and O–H groups in total. The summed E-state index contributed by atoms with van der Waals surface area (Å²) in [5.41, 5.74) is 0. The van der Waals surface area contributed by atoms with Gasteiger partial charge in [-0.15, -0.1) is 5.92 Å². The normalized spacial score (nSPS) is 21.8. The molecule has 0 amide bonds. The summed E-state index contributed by atoms with van der Waals surface area (Å²) in [5.74, 6) is 6.42. The summed E-state index contributed by atoms with van der Waals surface area (Å²) in [7, 11) is 0. The van der Waals surface area contributed by atoms with Crippen LogP contribution in [-0.4, -0.2) is 18.9 Å². The van der Waals surface area contributed by atoms with Gasteiger partial charge in [0, 0.05) is 6.42 Å². The van der Waals surface area contributed by atoms with Gasteiger partial charge in [0.05, 0.1) is 6.42 Å². The zero-order chi connectivity index (χ0) is 9.52. The van der Waals surface area contributed by atoms with E-state index in [-0.39, 0.29) is 0 Å². The van der Waals surface area contributed by atoms with Crippen molar-refractivity contribution in [2.24, 2.45) is 5.92 Å². The summed E-state index contributed by atoms with van der Waals surface area (Å²) in [6.45, 7) is 3.89. The molecule has 0 saturated carbocycles. The SMILES string of the molecule is CC#CCC(=O)CC1CCCNC1. The third kappa shape index (κ3) is 4.10. The van der Waals surface area contributed by atoms with Crippen LogP contribution in [0.3, 0.4) is 0 Å². The first-order chi connectivity index (χ1) is 6.33. The molecule has 0 spiro atoms. The van der Waals surface area contributed by atoms with Crippen LogP contribution in [0.5, 0.6) is 0 Å². The van der Waals surface area contributed by atoms with Crippen molar-refractivity contribution in [2.45, 2.75) is 32.6 Å². The minimum Gasteiger partial charge on any atom is -0.316 e. The Morgan fingerprint density at radius 1 is 1.62 bits per heavy atom. The Labute approximate surface area is 80.1 Å². The molecule has 1 aliphatic heterocycles. The van der Waals surface area contributed by atoms with Crippen LogP contribution in [0.2, 0.25) is 0 Å². The van der Waals surface area contributed by atoms with Crippen molar-refractivity contribution in [2.75, 3.05) is 13.1 Å².